The predicted molar refractivity (Wildman–Crippen MR) is 71.4 cm³/mol. The number of hydrogen-bond donors (Lipinski definition) is 3. The van der Waals surface area contributed by atoms with Crippen LogP contribution in [0.4, 0.5) is 0 Å². The second kappa shape index (κ2) is 6.65. The van der Waals surface area contributed by atoms with E-state index in [1.54, 1.807) is 24.7 Å². The van der Waals surface area contributed by atoms with Gasteiger partial charge in [0.2, 0.25) is 0 Å². The molecular weight excluding hydrogens is 242 g/mol. The highest BCUT2D eigenvalue weighted by Gasteiger charge is 2.06. The van der Waals surface area contributed by atoms with Crippen molar-refractivity contribution in [3.63, 3.8) is 0 Å². The lowest BCUT2D eigenvalue weighted by atomic mass is 10.2. The third-order valence-corrected chi connectivity index (χ3v) is 2.72. The maximum atomic E-state index is 11.8. The molecule has 0 radical (unpaired) electrons. The third kappa shape index (κ3) is 3.89. The Morgan fingerprint density at radius 2 is 2.26 bits per heavy atom. The zero-order chi connectivity index (χ0) is 13.5. The summed E-state index contributed by atoms with van der Waals surface area (Å²) in [5, 5.41) is 2.82. The van der Waals surface area contributed by atoms with Crippen LogP contribution in [0.15, 0.2) is 30.7 Å². The normalized spacial score (nSPS) is 10.4. The van der Waals surface area contributed by atoms with Gasteiger partial charge in [0.25, 0.3) is 5.91 Å². The summed E-state index contributed by atoms with van der Waals surface area (Å²) in [6.07, 6.45) is 6.78. The first-order valence-electron chi connectivity index (χ1n) is 6.21. The van der Waals surface area contributed by atoms with Crippen LogP contribution in [0.5, 0.6) is 0 Å². The maximum Gasteiger partial charge on any atom is 0.269 e. The smallest absolute Gasteiger partial charge is 0.269 e. The van der Waals surface area contributed by atoms with E-state index in [0.29, 0.717) is 18.8 Å². The molecule has 0 saturated carbocycles. The monoisotopic (exact) mass is 259 g/mol. The SMILES string of the molecule is NCc1ccc(C(=O)NCCCc2ncc[nH]2)nc1. The Morgan fingerprint density at radius 1 is 1.37 bits per heavy atom. The molecule has 1 amide bonds. The molecule has 0 aliphatic carbocycles. The molecule has 0 spiro atoms. The molecule has 0 aliphatic heterocycles. The van der Waals surface area contributed by atoms with Gasteiger partial charge < -0.3 is 16.0 Å². The van der Waals surface area contributed by atoms with E-state index in [0.717, 1.165) is 24.2 Å². The number of amides is 1. The van der Waals surface area contributed by atoms with Crippen molar-refractivity contribution >= 4 is 5.91 Å². The average Bonchev–Trinajstić information content (AvgIpc) is 2.96. The van der Waals surface area contributed by atoms with Gasteiger partial charge in [-0.15, -0.1) is 0 Å². The molecule has 2 rings (SSSR count). The Labute approximate surface area is 111 Å². The van der Waals surface area contributed by atoms with Crippen molar-refractivity contribution in [1.82, 2.24) is 20.3 Å². The largest absolute Gasteiger partial charge is 0.351 e. The van der Waals surface area contributed by atoms with E-state index in [9.17, 15) is 4.79 Å². The minimum atomic E-state index is -0.164. The molecule has 0 atom stereocenters. The summed E-state index contributed by atoms with van der Waals surface area (Å²) in [5.41, 5.74) is 6.79. The van der Waals surface area contributed by atoms with Gasteiger partial charge in [0.05, 0.1) is 0 Å². The lowest BCUT2D eigenvalue weighted by Crippen LogP contribution is -2.25. The van der Waals surface area contributed by atoms with Crippen LogP contribution in [0.3, 0.4) is 0 Å². The standard InChI is InChI=1S/C13H17N5O/c14-8-10-3-4-11(18-9-10)13(19)17-5-1-2-12-15-6-7-16-12/h3-4,6-7,9H,1-2,5,8,14H2,(H,15,16)(H,17,19). The van der Waals surface area contributed by atoms with Gasteiger partial charge in [0, 0.05) is 38.1 Å². The number of carbonyl (C=O) groups is 1. The summed E-state index contributed by atoms with van der Waals surface area (Å²) in [5.74, 6) is 0.766. The first-order chi connectivity index (χ1) is 9.29. The highest BCUT2D eigenvalue weighted by molar-refractivity contribution is 5.92. The highest BCUT2D eigenvalue weighted by Crippen LogP contribution is 1.99. The van der Waals surface area contributed by atoms with Gasteiger partial charge in [-0.05, 0) is 18.1 Å². The van der Waals surface area contributed by atoms with Crippen molar-refractivity contribution in [2.75, 3.05) is 6.54 Å². The van der Waals surface area contributed by atoms with Crippen molar-refractivity contribution in [2.24, 2.45) is 5.73 Å². The maximum absolute atomic E-state index is 11.8. The van der Waals surface area contributed by atoms with E-state index < -0.39 is 0 Å². The number of hydrogen-bond acceptors (Lipinski definition) is 4. The van der Waals surface area contributed by atoms with Crippen LogP contribution in [-0.2, 0) is 13.0 Å². The van der Waals surface area contributed by atoms with E-state index in [-0.39, 0.29) is 5.91 Å². The fourth-order valence-electron chi connectivity index (χ4n) is 1.66. The first-order valence-corrected chi connectivity index (χ1v) is 6.21. The molecule has 2 heterocycles. The summed E-state index contributed by atoms with van der Waals surface area (Å²) in [4.78, 5) is 23.0. The van der Waals surface area contributed by atoms with E-state index >= 15 is 0 Å². The molecule has 0 saturated heterocycles. The zero-order valence-corrected chi connectivity index (χ0v) is 10.6. The van der Waals surface area contributed by atoms with Crippen LogP contribution in [0.25, 0.3) is 0 Å². The van der Waals surface area contributed by atoms with Crippen molar-refractivity contribution in [1.29, 1.82) is 0 Å². The summed E-state index contributed by atoms with van der Waals surface area (Å²) >= 11 is 0. The Kier molecular flexibility index (Phi) is 4.63. The van der Waals surface area contributed by atoms with Crippen molar-refractivity contribution in [3.05, 3.63) is 47.8 Å². The topological polar surface area (TPSA) is 96.7 Å². The van der Waals surface area contributed by atoms with Gasteiger partial charge in [-0.3, -0.25) is 9.78 Å². The summed E-state index contributed by atoms with van der Waals surface area (Å²) < 4.78 is 0. The molecule has 100 valence electrons. The second-order valence-electron chi connectivity index (χ2n) is 4.15. The molecule has 0 fully saturated rings. The summed E-state index contributed by atoms with van der Waals surface area (Å²) in [6, 6.07) is 3.49. The number of nitrogens with zero attached hydrogens (tertiary/aromatic N) is 2. The molecule has 0 aliphatic rings. The van der Waals surface area contributed by atoms with E-state index in [1.807, 2.05) is 6.07 Å². The van der Waals surface area contributed by atoms with Crippen LogP contribution in [-0.4, -0.2) is 27.4 Å². The molecule has 19 heavy (non-hydrogen) atoms. The minimum absolute atomic E-state index is 0.164. The third-order valence-electron chi connectivity index (χ3n) is 2.72. The fourth-order valence-corrected chi connectivity index (χ4v) is 1.66. The van der Waals surface area contributed by atoms with Crippen LogP contribution >= 0.6 is 0 Å². The van der Waals surface area contributed by atoms with Gasteiger partial charge in [0.1, 0.15) is 11.5 Å². The molecule has 6 heteroatoms. The lowest BCUT2D eigenvalue weighted by molar-refractivity contribution is 0.0948. The molecule has 0 aromatic carbocycles. The Hall–Kier alpha value is -2.21. The molecule has 0 bridgehead atoms. The zero-order valence-electron chi connectivity index (χ0n) is 10.6. The Morgan fingerprint density at radius 3 is 2.89 bits per heavy atom. The van der Waals surface area contributed by atoms with Gasteiger partial charge in [-0.1, -0.05) is 6.07 Å². The Bertz CT molecular complexity index is 506. The molecule has 2 aromatic heterocycles. The van der Waals surface area contributed by atoms with Crippen LogP contribution < -0.4 is 11.1 Å². The number of imidazole rings is 1. The first kappa shape index (κ1) is 13.2. The number of nitrogens with one attached hydrogen (secondary N) is 2. The number of rotatable bonds is 6. The highest BCUT2D eigenvalue weighted by atomic mass is 16.1. The predicted octanol–water partition coefficient (Wildman–Crippen LogP) is 0.626. The second-order valence-corrected chi connectivity index (χ2v) is 4.15. The molecule has 6 nitrogen and oxygen atoms in total. The minimum Gasteiger partial charge on any atom is -0.351 e. The average molecular weight is 259 g/mol. The number of aromatic nitrogens is 3. The van der Waals surface area contributed by atoms with E-state index in [2.05, 4.69) is 20.3 Å². The molecular formula is C13H17N5O. The number of aryl methyl sites for hydroxylation is 1. The van der Waals surface area contributed by atoms with Crippen LogP contribution in [0.1, 0.15) is 28.3 Å². The quantitative estimate of drug-likeness (QED) is 0.663. The Balaban J connectivity index is 1.74. The van der Waals surface area contributed by atoms with Gasteiger partial charge >= 0.3 is 0 Å². The summed E-state index contributed by atoms with van der Waals surface area (Å²) in [6.45, 7) is 1.03. The number of aromatic amines is 1. The lowest BCUT2D eigenvalue weighted by Gasteiger charge is -2.04. The fraction of sp³-hybridized carbons (Fsp3) is 0.308. The van der Waals surface area contributed by atoms with Gasteiger partial charge in [-0.2, -0.15) is 0 Å². The van der Waals surface area contributed by atoms with Crippen molar-refractivity contribution in [2.45, 2.75) is 19.4 Å². The molecule has 4 N–H and O–H groups in total. The van der Waals surface area contributed by atoms with Crippen molar-refractivity contribution in [3.8, 4) is 0 Å². The number of carbonyl (C=O) groups excluding carboxylic acids is 1. The number of nitrogens with two attached hydrogens (primary N) is 1. The molecule has 0 unspecified atom stereocenters. The van der Waals surface area contributed by atoms with E-state index in [4.69, 9.17) is 5.73 Å². The van der Waals surface area contributed by atoms with Gasteiger partial charge in [0.15, 0.2) is 0 Å². The molecule has 2 aromatic rings. The van der Waals surface area contributed by atoms with Gasteiger partial charge in [-0.25, -0.2) is 4.98 Å². The van der Waals surface area contributed by atoms with E-state index in [1.165, 1.54) is 0 Å². The van der Waals surface area contributed by atoms with Crippen LogP contribution in [0, 0.1) is 0 Å². The summed E-state index contributed by atoms with van der Waals surface area (Å²) in [7, 11) is 0. The van der Waals surface area contributed by atoms with Crippen molar-refractivity contribution < 1.29 is 4.79 Å². The number of pyridine rings is 1. The van der Waals surface area contributed by atoms with Crippen LogP contribution in [0.2, 0.25) is 0 Å². The number of H-pyrrole nitrogens is 1.